The van der Waals surface area contributed by atoms with E-state index in [0.29, 0.717) is 6.61 Å². The number of aromatic amines is 1. The number of nitrogens with zero attached hydrogens (tertiary/aromatic N) is 1. The van der Waals surface area contributed by atoms with E-state index >= 15 is 0 Å². The maximum absolute atomic E-state index is 8.71. The molecule has 0 aliphatic heterocycles. The Bertz CT molecular complexity index is 733. The molecule has 3 aromatic rings. The molecule has 0 atom stereocenters. The Hall–Kier alpha value is -2.75. The van der Waals surface area contributed by atoms with Gasteiger partial charge in [0.1, 0.15) is 12.4 Å². The Balaban J connectivity index is 1.93. The van der Waals surface area contributed by atoms with Crippen LogP contribution in [0.5, 0.6) is 5.75 Å². The fourth-order valence-electron chi connectivity index (χ4n) is 2.20. The van der Waals surface area contributed by atoms with Crippen molar-refractivity contribution >= 4 is 17.1 Å². The fraction of sp³-hybridized carbons (Fsp3) is 0.0625. The van der Waals surface area contributed by atoms with Crippen LogP contribution in [0.2, 0.25) is 0 Å². The first kappa shape index (κ1) is 12.3. The Morgan fingerprint density at radius 1 is 1.10 bits per heavy atom. The average Bonchev–Trinajstić information content (AvgIpc) is 2.91. The average molecular weight is 266 g/mol. The van der Waals surface area contributed by atoms with Gasteiger partial charge in [-0.05, 0) is 17.7 Å². The van der Waals surface area contributed by atoms with Crippen LogP contribution in [0, 0.1) is 0 Å². The van der Waals surface area contributed by atoms with Crippen LogP contribution in [0.15, 0.2) is 59.9 Å². The predicted octanol–water partition coefficient (Wildman–Crippen LogP) is 3.56. The topological polar surface area (TPSA) is 57.6 Å². The summed E-state index contributed by atoms with van der Waals surface area (Å²) in [7, 11) is 0. The highest BCUT2D eigenvalue weighted by Crippen LogP contribution is 2.28. The minimum Gasteiger partial charge on any atom is -0.488 e. The summed E-state index contributed by atoms with van der Waals surface area (Å²) in [6.45, 7) is 0.501. The lowest BCUT2D eigenvalue weighted by molar-refractivity contribution is 0.310. The number of H-pyrrole nitrogens is 1. The van der Waals surface area contributed by atoms with Gasteiger partial charge in [-0.15, -0.1) is 0 Å². The van der Waals surface area contributed by atoms with Crippen molar-refractivity contribution in [3.8, 4) is 5.75 Å². The van der Waals surface area contributed by atoms with Gasteiger partial charge in [-0.2, -0.15) is 0 Å². The lowest BCUT2D eigenvalue weighted by Crippen LogP contribution is -1.96. The standard InChI is InChI=1S/C16H14N2O2/c19-18-10-13-9-17-14-7-4-8-15(16(13)14)20-11-12-5-2-1-3-6-12/h1-10,17,19H,11H2/b18-10+. The van der Waals surface area contributed by atoms with Gasteiger partial charge < -0.3 is 14.9 Å². The van der Waals surface area contributed by atoms with Crippen LogP contribution >= 0.6 is 0 Å². The van der Waals surface area contributed by atoms with E-state index < -0.39 is 0 Å². The summed E-state index contributed by atoms with van der Waals surface area (Å²) >= 11 is 0. The van der Waals surface area contributed by atoms with E-state index in [-0.39, 0.29) is 0 Å². The summed E-state index contributed by atoms with van der Waals surface area (Å²) in [4.78, 5) is 3.13. The zero-order valence-corrected chi connectivity index (χ0v) is 10.8. The highest BCUT2D eigenvalue weighted by atomic mass is 16.5. The van der Waals surface area contributed by atoms with Crippen LogP contribution < -0.4 is 4.74 Å². The Morgan fingerprint density at radius 2 is 1.95 bits per heavy atom. The summed E-state index contributed by atoms with van der Waals surface area (Å²) in [5, 5.41) is 12.7. The van der Waals surface area contributed by atoms with Gasteiger partial charge >= 0.3 is 0 Å². The quantitative estimate of drug-likeness (QED) is 0.431. The molecule has 1 heterocycles. The molecule has 4 heteroatoms. The number of fused-ring (bicyclic) bond motifs is 1. The van der Waals surface area contributed by atoms with Gasteiger partial charge in [0.2, 0.25) is 0 Å². The third kappa shape index (κ3) is 2.36. The van der Waals surface area contributed by atoms with Crippen molar-refractivity contribution in [3.05, 3.63) is 65.9 Å². The van der Waals surface area contributed by atoms with E-state index in [0.717, 1.165) is 27.8 Å². The summed E-state index contributed by atoms with van der Waals surface area (Å²) in [5.41, 5.74) is 2.86. The smallest absolute Gasteiger partial charge is 0.129 e. The molecule has 0 radical (unpaired) electrons. The van der Waals surface area contributed by atoms with Crippen LogP contribution in [0.3, 0.4) is 0 Å². The summed E-state index contributed by atoms with van der Waals surface area (Å²) in [6, 6.07) is 15.8. The second-order valence-electron chi connectivity index (χ2n) is 4.44. The summed E-state index contributed by atoms with van der Waals surface area (Å²) in [6.07, 6.45) is 3.19. The molecule has 0 spiro atoms. The molecule has 1 aromatic heterocycles. The minimum absolute atomic E-state index is 0.501. The van der Waals surface area contributed by atoms with Crippen molar-refractivity contribution in [2.75, 3.05) is 0 Å². The van der Waals surface area contributed by atoms with E-state index in [9.17, 15) is 0 Å². The zero-order chi connectivity index (χ0) is 13.8. The molecule has 0 bridgehead atoms. The van der Waals surface area contributed by atoms with Gasteiger partial charge in [0.25, 0.3) is 0 Å². The third-order valence-electron chi connectivity index (χ3n) is 3.13. The van der Waals surface area contributed by atoms with E-state index in [2.05, 4.69) is 10.1 Å². The first-order valence-corrected chi connectivity index (χ1v) is 6.33. The number of rotatable bonds is 4. The van der Waals surface area contributed by atoms with E-state index in [4.69, 9.17) is 9.94 Å². The number of ether oxygens (including phenoxy) is 1. The number of oxime groups is 1. The largest absolute Gasteiger partial charge is 0.488 e. The molecular formula is C16H14N2O2. The highest BCUT2D eigenvalue weighted by Gasteiger charge is 2.08. The van der Waals surface area contributed by atoms with E-state index in [1.54, 1.807) is 6.20 Å². The molecule has 3 rings (SSSR count). The molecule has 0 aliphatic carbocycles. The van der Waals surface area contributed by atoms with Crippen LogP contribution in [-0.4, -0.2) is 16.4 Å². The lowest BCUT2D eigenvalue weighted by atomic mass is 10.1. The molecule has 20 heavy (non-hydrogen) atoms. The molecule has 4 nitrogen and oxygen atoms in total. The van der Waals surface area contributed by atoms with Gasteiger partial charge in [0, 0.05) is 17.3 Å². The predicted molar refractivity (Wildman–Crippen MR) is 78.5 cm³/mol. The SMILES string of the molecule is O/N=C/c1c[nH]c2cccc(OCc3ccccc3)c12. The molecule has 2 N–H and O–H groups in total. The van der Waals surface area contributed by atoms with Crippen molar-refractivity contribution in [3.63, 3.8) is 0 Å². The van der Waals surface area contributed by atoms with Crippen molar-refractivity contribution in [2.45, 2.75) is 6.61 Å². The maximum Gasteiger partial charge on any atom is 0.129 e. The molecule has 2 aromatic carbocycles. The minimum atomic E-state index is 0.501. The lowest BCUT2D eigenvalue weighted by Gasteiger charge is -2.08. The summed E-state index contributed by atoms with van der Waals surface area (Å²) < 4.78 is 5.89. The van der Waals surface area contributed by atoms with Gasteiger partial charge in [-0.3, -0.25) is 0 Å². The van der Waals surface area contributed by atoms with Gasteiger partial charge in [-0.1, -0.05) is 41.6 Å². The molecule has 0 aliphatic rings. The molecule has 0 unspecified atom stereocenters. The van der Waals surface area contributed by atoms with Crippen molar-refractivity contribution in [2.24, 2.45) is 5.16 Å². The molecule has 0 amide bonds. The second-order valence-corrected chi connectivity index (χ2v) is 4.44. The van der Waals surface area contributed by atoms with Crippen LogP contribution in [-0.2, 0) is 6.61 Å². The number of aromatic nitrogens is 1. The van der Waals surface area contributed by atoms with E-state index in [1.807, 2.05) is 48.5 Å². The summed E-state index contributed by atoms with van der Waals surface area (Å²) in [5.74, 6) is 0.766. The molecule has 0 saturated heterocycles. The molecule has 0 saturated carbocycles. The normalized spacial score (nSPS) is 11.2. The Kier molecular flexibility index (Phi) is 3.37. The zero-order valence-electron chi connectivity index (χ0n) is 10.8. The monoisotopic (exact) mass is 266 g/mol. The molecule has 0 fully saturated rings. The fourth-order valence-corrected chi connectivity index (χ4v) is 2.20. The highest BCUT2D eigenvalue weighted by molar-refractivity contribution is 6.02. The number of hydrogen-bond donors (Lipinski definition) is 2. The Labute approximate surface area is 116 Å². The van der Waals surface area contributed by atoms with Crippen molar-refractivity contribution < 1.29 is 9.94 Å². The third-order valence-corrected chi connectivity index (χ3v) is 3.13. The van der Waals surface area contributed by atoms with Crippen molar-refractivity contribution in [1.82, 2.24) is 4.98 Å². The van der Waals surface area contributed by atoms with E-state index in [1.165, 1.54) is 6.21 Å². The number of hydrogen-bond acceptors (Lipinski definition) is 3. The molecule has 100 valence electrons. The molecular weight excluding hydrogens is 252 g/mol. The number of benzene rings is 2. The number of nitrogens with one attached hydrogen (secondary N) is 1. The van der Waals surface area contributed by atoms with Gasteiger partial charge in [0.15, 0.2) is 0 Å². The van der Waals surface area contributed by atoms with Crippen molar-refractivity contribution in [1.29, 1.82) is 0 Å². The first-order valence-electron chi connectivity index (χ1n) is 6.33. The maximum atomic E-state index is 8.71. The Morgan fingerprint density at radius 3 is 2.75 bits per heavy atom. The van der Waals surface area contributed by atoms with Crippen LogP contribution in [0.4, 0.5) is 0 Å². The first-order chi connectivity index (χ1) is 9.88. The van der Waals surface area contributed by atoms with Crippen LogP contribution in [0.1, 0.15) is 11.1 Å². The van der Waals surface area contributed by atoms with Crippen LogP contribution in [0.25, 0.3) is 10.9 Å². The van der Waals surface area contributed by atoms with Gasteiger partial charge in [0.05, 0.1) is 11.6 Å². The van der Waals surface area contributed by atoms with Gasteiger partial charge in [-0.25, -0.2) is 0 Å². The second kappa shape index (κ2) is 5.48.